The minimum Gasteiger partial charge on any atom is -0.494 e. The summed E-state index contributed by atoms with van der Waals surface area (Å²) in [5.74, 6) is 0.526. The summed E-state index contributed by atoms with van der Waals surface area (Å²) in [5.41, 5.74) is 1.65. The normalized spacial score (nSPS) is 19.0. The van der Waals surface area contributed by atoms with E-state index >= 15 is 0 Å². The van der Waals surface area contributed by atoms with Gasteiger partial charge in [0, 0.05) is 12.6 Å². The quantitative estimate of drug-likeness (QED) is 0.846. The van der Waals surface area contributed by atoms with Crippen LogP contribution < -0.4 is 4.74 Å². The first-order chi connectivity index (χ1) is 9.58. The Labute approximate surface area is 125 Å². The van der Waals surface area contributed by atoms with E-state index in [0.29, 0.717) is 16.3 Å². The number of halogens is 1. The Balaban J connectivity index is 2.39. The highest BCUT2D eigenvalue weighted by Crippen LogP contribution is 2.32. The van der Waals surface area contributed by atoms with Gasteiger partial charge < -0.3 is 9.64 Å². The lowest BCUT2D eigenvalue weighted by Gasteiger charge is -2.34. The molecule has 4 heteroatoms. The van der Waals surface area contributed by atoms with Crippen molar-refractivity contribution in [1.82, 2.24) is 4.90 Å². The number of carbonyl (C=O) groups is 1. The minimum absolute atomic E-state index is 0.0336. The summed E-state index contributed by atoms with van der Waals surface area (Å²) in [7, 11) is 1.56. The molecule has 0 bridgehead atoms. The van der Waals surface area contributed by atoms with Crippen molar-refractivity contribution in [2.24, 2.45) is 0 Å². The van der Waals surface area contributed by atoms with Crippen LogP contribution in [0.25, 0.3) is 0 Å². The van der Waals surface area contributed by atoms with E-state index in [-0.39, 0.29) is 11.9 Å². The van der Waals surface area contributed by atoms with Crippen LogP contribution in [-0.2, 0) is 6.42 Å². The van der Waals surface area contributed by atoms with Crippen molar-refractivity contribution in [2.45, 2.75) is 45.6 Å². The molecule has 0 aliphatic carbocycles. The number of aryl methyl sites for hydroxylation is 1. The van der Waals surface area contributed by atoms with Crippen LogP contribution in [0.4, 0.5) is 0 Å². The number of methoxy groups -OCH3 is 1. The summed E-state index contributed by atoms with van der Waals surface area (Å²) in [6.07, 6.45) is 4.17. The van der Waals surface area contributed by atoms with E-state index in [1.54, 1.807) is 7.11 Å². The number of ether oxygens (including phenoxy) is 1. The monoisotopic (exact) mass is 295 g/mol. The van der Waals surface area contributed by atoms with E-state index in [1.165, 1.54) is 6.42 Å². The van der Waals surface area contributed by atoms with Crippen LogP contribution in [0, 0.1) is 0 Å². The average Bonchev–Trinajstić information content (AvgIpc) is 2.46. The minimum atomic E-state index is 0.0336. The van der Waals surface area contributed by atoms with Crippen LogP contribution in [0.3, 0.4) is 0 Å². The fraction of sp³-hybridized carbons (Fsp3) is 0.562. The lowest BCUT2D eigenvalue weighted by Crippen LogP contribution is -2.42. The van der Waals surface area contributed by atoms with Gasteiger partial charge in [-0.05, 0) is 50.3 Å². The second-order valence-corrected chi connectivity index (χ2v) is 5.76. The number of hydrogen-bond donors (Lipinski definition) is 0. The maximum absolute atomic E-state index is 12.8. The molecule has 3 nitrogen and oxygen atoms in total. The van der Waals surface area contributed by atoms with Gasteiger partial charge in [0.15, 0.2) is 0 Å². The SMILES string of the molecule is CCc1cc(Cl)c(OC)c(C(=O)N2CCCCC2C)c1. The number of benzene rings is 1. The predicted molar refractivity (Wildman–Crippen MR) is 81.7 cm³/mol. The molecule has 2 rings (SSSR count). The number of hydrogen-bond acceptors (Lipinski definition) is 2. The molecule has 1 unspecified atom stereocenters. The largest absolute Gasteiger partial charge is 0.494 e. The lowest BCUT2D eigenvalue weighted by molar-refractivity contribution is 0.0632. The number of rotatable bonds is 3. The molecule has 1 heterocycles. The van der Waals surface area contributed by atoms with E-state index in [4.69, 9.17) is 16.3 Å². The molecule has 0 spiro atoms. The molecule has 0 radical (unpaired) electrons. The average molecular weight is 296 g/mol. The van der Waals surface area contributed by atoms with E-state index in [1.807, 2.05) is 17.0 Å². The smallest absolute Gasteiger partial charge is 0.257 e. The van der Waals surface area contributed by atoms with Gasteiger partial charge in [-0.3, -0.25) is 4.79 Å². The summed E-state index contributed by atoms with van der Waals surface area (Å²) in [6, 6.07) is 4.07. The van der Waals surface area contributed by atoms with E-state index in [9.17, 15) is 4.79 Å². The Morgan fingerprint density at radius 3 is 2.80 bits per heavy atom. The van der Waals surface area contributed by atoms with Crippen LogP contribution in [-0.4, -0.2) is 30.5 Å². The molecule has 1 amide bonds. The Kier molecular flexibility index (Phi) is 4.92. The van der Waals surface area contributed by atoms with Crippen LogP contribution in [0.15, 0.2) is 12.1 Å². The van der Waals surface area contributed by atoms with Crippen LogP contribution >= 0.6 is 11.6 Å². The molecule has 110 valence electrons. The van der Waals surface area contributed by atoms with Crippen molar-refractivity contribution < 1.29 is 9.53 Å². The molecule has 20 heavy (non-hydrogen) atoms. The van der Waals surface area contributed by atoms with E-state index < -0.39 is 0 Å². The van der Waals surface area contributed by atoms with E-state index in [2.05, 4.69) is 13.8 Å². The molecule has 1 fully saturated rings. The number of carbonyl (C=O) groups excluding carboxylic acids is 1. The molecule has 1 saturated heterocycles. The lowest BCUT2D eigenvalue weighted by atomic mass is 10.0. The van der Waals surface area contributed by atoms with Crippen molar-refractivity contribution in [2.75, 3.05) is 13.7 Å². The maximum atomic E-state index is 12.8. The molecule has 0 saturated carbocycles. The highest BCUT2D eigenvalue weighted by molar-refractivity contribution is 6.32. The van der Waals surface area contributed by atoms with Crippen molar-refractivity contribution in [3.8, 4) is 5.75 Å². The molecular formula is C16H22ClNO2. The van der Waals surface area contributed by atoms with Crippen LogP contribution in [0.2, 0.25) is 5.02 Å². The molecule has 1 atom stereocenters. The number of amides is 1. The standard InChI is InChI=1S/C16H22ClNO2/c1-4-12-9-13(15(20-3)14(17)10-12)16(19)18-8-6-5-7-11(18)2/h9-11H,4-8H2,1-3H3. The van der Waals surface area contributed by atoms with Crippen LogP contribution in [0.5, 0.6) is 5.75 Å². The Morgan fingerprint density at radius 2 is 2.20 bits per heavy atom. The zero-order valence-corrected chi connectivity index (χ0v) is 13.2. The predicted octanol–water partition coefficient (Wildman–Crippen LogP) is 3.93. The number of likely N-dealkylation sites (tertiary alicyclic amines) is 1. The number of piperidine rings is 1. The van der Waals surface area contributed by atoms with E-state index in [0.717, 1.165) is 31.4 Å². The summed E-state index contributed by atoms with van der Waals surface area (Å²) < 4.78 is 5.34. The maximum Gasteiger partial charge on any atom is 0.257 e. The summed E-state index contributed by atoms with van der Waals surface area (Å²) >= 11 is 6.24. The van der Waals surface area contributed by atoms with Gasteiger partial charge in [0.2, 0.25) is 0 Å². The first kappa shape index (κ1) is 15.2. The third kappa shape index (κ3) is 2.93. The second-order valence-electron chi connectivity index (χ2n) is 5.36. The molecule has 1 aliphatic heterocycles. The summed E-state index contributed by atoms with van der Waals surface area (Å²) in [6.45, 7) is 4.97. The first-order valence-corrected chi connectivity index (χ1v) is 7.63. The second kappa shape index (κ2) is 6.49. The summed E-state index contributed by atoms with van der Waals surface area (Å²) in [4.78, 5) is 14.7. The molecule has 1 aliphatic rings. The third-order valence-electron chi connectivity index (χ3n) is 4.01. The van der Waals surface area contributed by atoms with Gasteiger partial charge in [-0.1, -0.05) is 18.5 Å². The Morgan fingerprint density at radius 1 is 1.45 bits per heavy atom. The fourth-order valence-electron chi connectivity index (χ4n) is 2.77. The zero-order chi connectivity index (χ0) is 14.7. The van der Waals surface area contributed by atoms with Gasteiger partial charge in [0.05, 0.1) is 17.7 Å². The molecular weight excluding hydrogens is 274 g/mol. The highest BCUT2D eigenvalue weighted by Gasteiger charge is 2.27. The van der Waals surface area contributed by atoms with Crippen molar-refractivity contribution in [3.05, 3.63) is 28.3 Å². The fourth-order valence-corrected chi connectivity index (χ4v) is 3.09. The van der Waals surface area contributed by atoms with Gasteiger partial charge in [0.1, 0.15) is 5.75 Å². The van der Waals surface area contributed by atoms with Gasteiger partial charge in [0.25, 0.3) is 5.91 Å². The Hall–Kier alpha value is -1.22. The first-order valence-electron chi connectivity index (χ1n) is 7.25. The zero-order valence-electron chi connectivity index (χ0n) is 12.4. The van der Waals surface area contributed by atoms with Crippen molar-refractivity contribution in [3.63, 3.8) is 0 Å². The van der Waals surface area contributed by atoms with Gasteiger partial charge >= 0.3 is 0 Å². The van der Waals surface area contributed by atoms with Gasteiger partial charge in [-0.15, -0.1) is 0 Å². The molecule has 0 aromatic heterocycles. The number of nitrogens with zero attached hydrogens (tertiary/aromatic N) is 1. The highest BCUT2D eigenvalue weighted by atomic mass is 35.5. The van der Waals surface area contributed by atoms with Gasteiger partial charge in [-0.2, -0.15) is 0 Å². The molecule has 0 N–H and O–H groups in total. The van der Waals surface area contributed by atoms with Crippen molar-refractivity contribution in [1.29, 1.82) is 0 Å². The van der Waals surface area contributed by atoms with Gasteiger partial charge in [-0.25, -0.2) is 0 Å². The summed E-state index contributed by atoms with van der Waals surface area (Å²) in [5, 5.41) is 0.514. The molecule has 1 aromatic rings. The third-order valence-corrected chi connectivity index (χ3v) is 4.29. The molecule has 1 aromatic carbocycles. The van der Waals surface area contributed by atoms with Crippen LogP contribution in [0.1, 0.15) is 49.0 Å². The topological polar surface area (TPSA) is 29.5 Å². The Bertz CT molecular complexity index is 501. The van der Waals surface area contributed by atoms with Crippen molar-refractivity contribution >= 4 is 17.5 Å².